The Kier molecular flexibility index (Phi) is 3.47. The first-order chi connectivity index (χ1) is 10.2. The maximum atomic E-state index is 10.8. The molecule has 0 saturated heterocycles. The lowest BCUT2D eigenvalue weighted by atomic mass is 10.1. The highest BCUT2D eigenvalue weighted by atomic mass is 16.6. The van der Waals surface area contributed by atoms with Crippen molar-refractivity contribution in [3.8, 4) is 11.3 Å². The van der Waals surface area contributed by atoms with E-state index in [1.165, 1.54) is 6.07 Å². The molecule has 0 radical (unpaired) electrons. The summed E-state index contributed by atoms with van der Waals surface area (Å²) in [4.78, 5) is 14.6. The molecule has 2 aromatic carbocycles. The normalized spacial score (nSPS) is 10.5. The summed E-state index contributed by atoms with van der Waals surface area (Å²) in [7, 11) is 0. The van der Waals surface area contributed by atoms with Crippen molar-refractivity contribution >= 4 is 5.69 Å². The topological polar surface area (TPSA) is 61.0 Å². The van der Waals surface area contributed by atoms with Crippen LogP contribution in [0.5, 0.6) is 0 Å². The lowest BCUT2D eigenvalue weighted by molar-refractivity contribution is -0.384. The fourth-order valence-electron chi connectivity index (χ4n) is 2.26. The average Bonchev–Trinajstić information content (AvgIpc) is 2.96. The van der Waals surface area contributed by atoms with Crippen molar-refractivity contribution in [2.75, 3.05) is 0 Å². The fraction of sp³-hybridized carbons (Fsp3) is 0.0625. The Morgan fingerprint density at radius 2 is 1.90 bits per heavy atom. The van der Waals surface area contributed by atoms with Crippen LogP contribution in [0.4, 0.5) is 5.69 Å². The van der Waals surface area contributed by atoms with Crippen LogP contribution in [0.25, 0.3) is 11.3 Å². The van der Waals surface area contributed by atoms with Crippen molar-refractivity contribution in [1.29, 1.82) is 0 Å². The van der Waals surface area contributed by atoms with Gasteiger partial charge in [-0.3, -0.25) is 10.1 Å². The Hall–Kier alpha value is -2.95. The van der Waals surface area contributed by atoms with Gasteiger partial charge in [0.05, 0.1) is 23.1 Å². The zero-order valence-corrected chi connectivity index (χ0v) is 11.2. The summed E-state index contributed by atoms with van der Waals surface area (Å²) >= 11 is 0. The molecule has 0 amide bonds. The SMILES string of the molecule is O=[N+]([O-])c1cccc(Cn2cncc2-c2ccccc2)c1. The van der Waals surface area contributed by atoms with Crippen molar-refractivity contribution < 1.29 is 4.92 Å². The van der Waals surface area contributed by atoms with E-state index in [9.17, 15) is 10.1 Å². The van der Waals surface area contributed by atoms with Crippen LogP contribution in [0, 0.1) is 10.1 Å². The molecule has 1 heterocycles. The molecule has 104 valence electrons. The maximum absolute atomic E-state index is 10.8. The minimum Gasteiger partial charge on any atom is -0.326 e. The van der Waals surface area contributed by atoms with E-state index in [-0.39, 0.29) is 10.6 Å². The Morgan fingerprint density at radius 3 is 2.67 bits per heavy atom. The molecule has 1 aromatic heterocycles. The third-order valence-electron chi connectivity index (χ3n) is 3.26. The van der Waals surface area contributed by atoms with Gasteiger partial charge in [0.1, 0.15) is 0 Å². The highest BCUT2D eigenvalue weighted by Gasteiger charge is 2.08. The zero-order chi connectivity index (χ0) is 14.7. The molecule has 0 unspecified atom stereocenters. The van der Waals surface area contributed by atoms with Crippen LogP contribution >= 0.6 is 0 Å². The Morgan fingerprint density at radius 1 is 1.10 bits per heavy atom. The summed E-state index contributed by atoms with van der Waals surface area (Å²) in [5.74, 6) is 0. The maximum Gasteiger partial charge on any atom is 0.269 e. The minimum atomic E-state index is -0.379. The zero-order valence-electron chi connectivity index (χ0n) is 11.2. The second-order valence-corrected chi connectivity index (χ2v) is 4.70. The van der Waals surface area contributed by atoms with Gasteiger partial charge in [0.2, 0.25) is 0 Å². The molecule has 3 aromatic rings. The van der Waals surface area contributed by atoms with Gasteiger partial charge >= 0.3 is 0 Å². The van der Waals surface area contributed by atoms with Gasteiger partial charge in [-0.2, -0.15) is 0 Å². The second-order valence-electron chi connectivity index (χ2n) is 4.70. The number of imidazole rings is 1. The first kappa shape index (κ1) is 13.1. The van der Waals surface area contributed by atoms with Crippen molar-refractivity contribution in [3.63, 3.8) is 0 Å². The van der Waals surface area contributed by atoms with E-state index in [1.54, 1.807) is 24.7 Å². The van der Waals surface area contributed by atoms with Gasteiger partial charge < -0.3 is 4.57 Å². The summed E-state index contributed by atoms with van der Waals surface area (Å²) in [6, 6.07) is 16.6. The molecule has 0 aliphatic carbocycles. The third kappa shape index (κ3) is 2.81. The number of nitro benzene ring substituents is 1. The highest BCUT2D eigenvalue weighted by molar-refractivity contribution is 5.58. The van der Waals surface area contributed by atoms with Gasteiger partial charge in [-0.05, 0) is 11.1 Å². The van der Waals surface area contributed by atoms with E-state index in [4.69, 9.17) is 0 Å². The quantitative estimate of drug-likeness (QED) is 0.542. The number of rotatable bonds is 4. The van der Waals surface area contributed by atoms with E-state index in [1.807, 2.05) is 41.0 Å². The van der Waals surface area contributed by atoms with E-state index < -0.39 is 0 Å². The number of hydrogen-bond acceptors (Lipinski definition) is 3. The molecular weight excluding hydrogens is 266 g/mol. The number of benzene rings is 2. The van der Waals surface area contributed by atoms with E-state index in [0.717, 1.165) is 16.8 Å². The Bertz CT molecular complexity index is 766. The number of hydrogen-bond donors (Lipinski definition) is 0. The highest BCUT2D eigenvalue weighted by Crippen LogP contribution is 2.20. The van der Waals surface area contributed by atoms with Gasteiger partial charge in [-0.25, -0.2) is 4.98 Å². The molecule has 0 N–H and O–H groups in total. The molecule has 0 atom stereocenters. The van der Waals surface area contributed by atoms with Gasteiger partial charge in [0.25, 0.3) is 5.69 Å². The van der Waals surface area contributed by atoms with Crippen molar-refractivity contribution in [2.45, 2.75) is 6.54 Å². The largest absolute Gasteiger partial charge is 0.326 e. The number of non-ortho nitro benzene ring substituents is 1. The molecule has 21 heavy (non-hydrogen) atoms. The predicted molar refractivity (Wildman–Crippen MR) is 79.9 cm³/mol. The molecule has 0 fully saturated rings. The van der Waals surface area contributed by atoms with Crippen LogP contribution in [-0.4, -0.2) is 14.5 Å². The molecule has 3 rings (SSSR count). The lowest BCUT2D eigenvalue weighted by Gasteiger charge is -2.08. The monoisotopic (exact) mass is 279 g/mol. The first-order valence-corrected chi connectivity index (χ1v) is 6.53. The van der Waals surface area contributed by atoms with Gasteiger partial charge in [0.15, 0.2) is 0 Å². The van der Waals surface area contributed by atoms with Crippen LogP contribution < -0.4 is 0 Å². The summed E-state index contributed by atoms with van der Waals surface area (Å²) in [6.07, 6.45) is 3.54. The average molecular weight is 279 g/mol. The van der Waals surface area contributed by atoms with Gasteiger partial charge in [0, 0.05) is 18.7 Å². The van der Waals surface area contributed by atoms with Crippen molar-refractivity contribution in [1.82, 2.24) is 9.55 Å². The predicted octanol–water partition coefficient (Wildman–Crippen LogP) is 3.51. The van der Waals surface area contributed by atoms with E-state index >= 15 is 0 Å². The number of nitrogens with zero attached hydrogens (tertiary/aromatic N) is 3. The standard InChI is InChI=1S/C16H13N3O2/c20-19(21)15-8-4-5-13(9-15)11-18-12-17-10-16(18)14-6-2-1-3-7-14/h1-10,12H,11H2. The molecule has 0 spiro atoms. The summed E-state index contributed by atoms with van der Waals surface area (Å²) < 4.78 is 1.98. The molecule has 5 nitrogen and oxygen atoms in total. The Labute approximate surface area is 121 Å². The lowest BCUT2D eigenvalue weighted by Crippen LogP contribution is -2.01. The van der Waals surface area contributed by atoms with Crippen LogP contribution in [0.15, 0.2) is 67.1 Å². The summed E-state index contributed by atoms with van der Waals surface area (Å²) in [5, 5.41) is 10.8. The number of aromatic nitrogens is 2. The van der Waals surface area contributed by atoms with Gasteiger partial charge in [-0.15, -0.1) is 0 Å². The molecular formula is C16H13N3O2. The second kappa shape index (κ2) is 5.58. The summed E-state index contributed by atoms with van der Waals surface area (Å²) in [5.41, 5.74) is 3.04. The van der Waals surface area contributed by atoms with Crippen molar-refractivity contribution in [2.24, 2.45) is 0 Å². The smallest absolute Gasteiger partial charge is 0.269 e. The molecule has 0 aliphatic rings. The van der Waals surface area contributed by atoms with Crippen LogP contribution in [0.1, 0.15) is 5.56 Å². The van der Waals surface area contributed by atoms with Crippen molar-refractivity contribution in [3.05, 3.63) is 82.8 Å². The van der Waals surface area contributed by atoms with Crippen LogP contribution in [0.3, 0.4) is 0 Å². The number of nitro groups is 1. The summed E-state index contributed by atoms with van der Waals surface area (Å²) in [6.45, 7) is 0.548. The first-order valence-electron chi connectivity index (χ1n) is 6.53. The molecule has 0 saturated carbocycles. The van der Waals surface area contributed by atoms with Crippen LogP contribution in [-0.2, 0) is 6.54 Å². The third-order valence-corrected chi connectivity index (χ3v) is 3.26. The van der Waals surface area contributed by atoms with E-state index in [0.29, 0.717) is 6.54 Å². The molecule has 0 bridgehead atoms. The molecule has 0 aliphatic heterocycles. The van der Waals surface area contributed by atoms with Crippen LogP contribution in [0.2, 0.25) is 0 Å². The fourth-order valence-corrected chi connectivity index (χ4v) is 2.26. The van der Waals surface area contributed by atoms with E-state index in [2.05, 4.69) is 4.98 Å². The van der Waals surface area contributed by atoms with Gasteiger partial charge in [-0.1, -0.05) is 42.5 Å². The Balaban J connectivity index is 1.92. The minimum absolute atomic E-state index is 0.105. The molecule has 5 heteroatoms.